The van der Waals surface area contributed by atoms with Crippen molar-refractivity contribution >= 4 is 35.5 Å². The number of carbonyl (C=O) groups excluding carboxylic acids is 1. The van der Waals surface area contributed by atoms with E-state index in [0.717, 1.165) is 4.24 Å². The molecule has 0 bridgehead atoms. The monoisotopic (exact) mass is 262 g/mol. The summed E-state index contributed by atoms with van der Waals surface area (Å²) in [5.41, 5.74) is -0.0353. The molecule has 0 aliphatic carbocycles. The van der Waals surface area contributed by atoms with Crippen LogP contribution in [0.2, 0.25) is 0 Å². The van der Waals surface area contributed by atoms with Crippen LogP contribution in [0.5, 0.6) is 0 Å². The van der Waals surface area contributed by atoms with Crippen molar-refractivity contribution < 1.29 is 19.4 Å². The Morgan fingerprint density at radius 3 is 2.19 bits per heavy atom. The molecule has 1 saturated heterocycles. The Morgan fingerprint density at radius 2 is 1.81 bits per heavy atom. The van der Waals surface area contributed by atoms with Crippen LogP contribution in [0.15, 0.2) is 9.81 Å². The molecule has 0 spiro atoms. The van der Waals surface area contributed by atoms with Gasteiger partial charge in [-0.25, -0.2) is 4.79 Å². The highest BCUT2D eigenvalue weighted by Crippen LogP contribution is 2.52. The van der Waals surface area contributed by atoms with Gasteiger partial charge in [0, 0.05) is 0 Å². The van der Waals surface area contributed by atoms with Gasteiger partial charge in [0.2, 0.25) is 0 Å². The maximum atomic E-state index is 11.6. The molecule has 1 aliphatic heterocycles. The van der Waals surface area contributed by atoms with Gasteiger partial charge in [0.25, 0.3) is 0 Å². The van der Waals surface area contributed by atoms with E-state index in [-0.39, 0.29) is 5.97 Å². The first-order valence-electron chi connectivity index (χ1n) is 4.71. The smallest absolute Gasteiger partial charge is 0.335 e. The Kier molecular flexibility index (Phi) is 3.96. The molecule has 0 aromatic heterocycles. The van der Waals surface area contributed by atoms with Crippen LogP contribution in [-0.4, -0.2) is 27.2 Å². The quantitative estimate of drug-likeness (QED) is 0.609. The fourth-order valence-electron chi connectivity index (χ4n) is 0.919. The van der Waals surface area contributed by atoms with Crippen LogP contribution in [0.3, 0.4) is 0 Å². The number of aliphatic carboxylic acids is 1. The Balaban J connectivity index is 2.59. The van der Waals surface area contributed by atoms with Crippen molar-refractivity contribution in [2.45, 2.75) is 37.9 Å². The van der Waals surface area contributed by atoms with Crippen LogP contribution < -0.4 is 0 Å². The Morgan fingerprint density at radius 1 is 1.31 bits per heavy atom. The number of hydrogen-bond acceptors (Lipinski definition) is 5. The van der Waals surface area contributed by atoms with Gasteiger partial charge in [-0.15, -0.1) is 0 Å². The van der Waals surface area contributed by atoms with E-state index >= 15 is 0 Å². The van der Waals surface area contributed by atoms with Crippen LogP contribution in [0.1, 0.15) is 27.7 Å². The van der Waals surface area contributed by atoms with Crippen molar-refractivity contribution in [3.05, 3.63) is 9.81 Å². The number of esters is 1. The standard InChI is InChI=1S/C10H14O4S2/c1-5(7(13)14-10(2,3)4)8-15-9(16-8)6(11)12/h9H,1-4H3,(H,11,12). The van der Waals surface area contributed by atoms with Crippen LogP contribution in [0, 0.1) is 0 Å². The zero-order valence-electron chi connectivity index (χ0n) is 9.57. The maximum Gasteiger partial charge on any atom is 0.335 e. The maximum absolute atomic E-state index is 11.6. The van der Waals surface area contributed by atoms with Gasteiger partial charge < -0.3 is 9.84 Å². The molecule has 1 aliphatic rings. The van der Waals surface area contributed by atoms with E-state index < -0.39 is 16.2 Å². The van der Waals surface area contributed by atoms with Gasteiger partial charge in [-0.3, -0.25) is 4.79 Å². The van der Waals surface area contributed by atoms with E-state index in [4.69, 9.17) is 9.84 Å². The fourth-order valence-corrected chi connectivity index (χ4v) is 2.91. The number of carboxylic acids is 1. The molecule has 1 rings (SSSR count). The van der Waals surface area contributed by atoms with Crippen LogP contribution in [-0.2, 0) is 14.3 Å². The van der Waals surface area contributed by atoms with E-state index in [2.05, 4.69) is 0 Å². The first kappa shape index (κ1) is 13.4. The molecular formula is C10H14O4S2. The number of carbonyl (C=O) groups is 2. The topological polar surface area (TPSA) is 63.6 Å². The summed E-state index contributed by atoms with van der Waals surface area (Å²) in [5.74, 6) is -1.25. The van der Waals surface area contributed by atoms with Gasteiger partial charge in [0.05, 0.1) is 9.81 Å². The SMILES string of the molecule is CC(C(=O)OC(C)(C)C)=C1SC(C(=O)O)S1. The van der Waals surface area contributed by atoms with Crippen molar-refractivity contribution in [2.75, 3.05) is 0 Å². The molecule has 0 aromatic rings. The summed E-state index contributed by atoms with van der Waals surface area (Å²) >= 11 is 2.37. The summed E-state index contributed by atoms with van der Waals surface area (Å²) in [5, 5.41) is 8.68. The summed E-state index contributed by atoms with van der Waals surface area (Å²) in [6.45, 7) is 7.04. The average Bonchev–Trinajstić information content (AvgIpc) is 1.96. The van der Waals surface area contributed by atoms with E-state index in [9.17, 15) is 9.59 Å². The highest BCUT2D eigenvalue weighted by molar-refractivity contribution is 8.39. The van der Waals surface area contributed by atoms with Crippen molar-refractivity contribution in [2.24, 2.45) is 0 Å². The number of hydrogen-bond donors (Lipinski definition) is 1. The van der Waals surface area contributed by atoms with Gasteiger partial charge in [0.1, 0.15) is 5.60 Å². The number of ether oxygens (including phenoxy) is 1. The molecule has 1 N–H and O–H groups in total. The number of thioether (sulfide) groups is 2. The fraction of sp³-hybridized carbons (Fsp3) is 0.600. The van der Waals surface area contributed by atoms with Crippen molar-refractivity contribution in [1.29, 1.82) is 0 Å². The molecule has 0 saturated carbocycles. The highest BCUT2D eigenvalue weighted by atomic mass is 32.3. The van der Waals surface area contributed by atoms with Gasteiger partial charge in [-0.1, -0.05) is 23.5 Å². The third kappa shape index (κ3) is 3.45. The molecule has 0 radical (unpaired) electrons. The van der Waals surface area contributed by atoms with Crippen LogP contribution in [0.4, 0.5) is 0 Å². The average molecular weight is 262 g/mol. The molecule has 16 heavy (non-hydrogen) atoms. The molecule has 0 unspecified atom stereocenters. The largest absolute Gasteiger partial charge is 0.480 e. The summed E-state index contributed by atoms with van der Waals surface area (Å²) in [6.07, 6.45) is 0. The van der Waals surface area contributed by atoms with E-state index in [1.165, 1.54) is 23.5 Å². The van der Waals surface area contributed by atoms with E-state index in [1.807, 2.05) is 0 Å². The third-order valence-corrected chi connectivity index (χ3v) is 4.67. The molecule has 1 heterocycles. The minimum Gasteiger partial charge on any atom is -0.480 e. The second-order valence-electron chi connectivity index (χ2n) is 4.32. The zero-order valence-corrected chi connectivity index (χ0v) is 11.2. The minimum absolute atomic E-state index is 0.383. The van der Waals surface area contributed by atoms with Gasteiger partial charge in [-0.05, 0) is 27.7 Å². The normalized spacial score (nSPS) is 20.0. The number of rotatable bonds is 2. The predicted molar refractivity (Wildman–Crippen MR) is 65.2 cm³/mol. The molecule has 1 fully saturated rings. The van der Waals surface area contributed by atoms with Crippen molar-refractivity contribution in [3.63, 3.8) is 0 Å². The first-order chi connectivity index (χ1) is 7.20. The third-order valence-electron chi connectivity index (χ3n) is 1.64. The molecule has 90 valence electrons. The predicted octanol–water partition coefficient (Wildman–Crippen LogP) is 2.45. The molecule has 4 nitrogen and oxygen atoms in total. The molecular weight excluding hydrogens is 248 g/mol. The summed E-state index contributed by atoms with van der Waals surface area (Å²) < 4.78 is 5.43. The van der Waals surface area contributed by atoms with Gasteiger partial charge in [-0.2, -0.15) is 0 Å². The van der Waals surface area contributed by atoms with Gasteiger partial charge in [0.15, 0.2) is 4.58 Å². The Hall–Kier alpha value is -0.620. The second kappa shape index (κ2) is 4.71. The Labute approximate surface area is 103 Å². The van der Waals surface area contributed by atoms with Gasteiger partial charge >= 0.3 is 11.9 Å². The molecule has 6 heteroatoms. The molecule has 0 atom stereocenters. The minimum atomic E-state index is -0.865. The lowest BCUT2D eigenvalue weighted by Gasteiger charge is -2.26. The lowest BCUT2D eigenvalue weighted by molar-refractivity contribution is -0.149. The zero-order chi connectivity index (χ0) is 12.5. The second-order valence-corrected chi connectivity index (χ2v) is 7.11. The van der Waals surface area contributed by atoms with Crippen LogP contribution >= 0.6 is 23.5 Å². The lowest BCUT2D eigenvalue weighted by atomic mass is 10.2. The summed E-state index contributed by atoms with van der Waals surface area (Å²) in [7, 11) is 0. The highest BCUT2D eigenvalue weighted by Gasteiger charge is 2.35. The lowest BCUT2D eigenvalue weighted by Crippen LogP contribution is -2.26. The van der Waals surface area contributed by atoms with Crippen molar-refractivity contribution in [1.82, 2.24) is 0 Å². The summed E-state index contributed by atoms with van der Waals surface area (Å²) in [6, 6.07) is 0. The Bertz CT molecular complexity index is 346. The van der Waals surface area contributed by atoms with Crippen molar-refractivity contribution in [3.8, 4) is 0 Å². The number of carboxylic acid groups (broad SMARTS) is 1. The molecule has 0 amide bonds. The van der Waals surface area contributed by atoms with Crippen LogP contribution in [0.25, 0.3) is 0 Å². The first-order valence-corrected chi connectivity index (χ1v) is 6.47. The summed E-state index contributed by atoms with van der Waals surface area (Å²) in [4.78, 5) is 22.2. The van der Waals surface area contributed by atoms with E-state index in [0.29, 0.717) is 5.57 Å². The van der Waals surface area contributed by atoms with E-state index in [1.54, 1.807) is 27.7 Å². The molecule has 0 aromatic carbocycles.